The van der Waals surface area contributed by atoms with Gasteiger partial charge in [0, 0.05) is 0 Å². The molecule has 1 heterocycles. The molecule has 1 aromatic heterocycles. The van der Waals surface area contributed by atoms with Crippen molar-refractivity contribution in [2.45, 2.75) is 6.67 Å². The van der Waals surface area contributed by atoms with Crippen molar-refractivity contribution in [2.75, 3.05) is 0 Å². The van der Waals surface area contributed by atoms with Gasteiger partial charge in [-0.15, -0.1) is 0 Å². The molecule has 0 unspecified atom stereocenters. The number of aromatic nitrogens is 2. The van der Waals surface area contributed by atoms with Crippen LogP contribution in [0.5, 0.6) is 11.8 Å². The molecular formula is C5H5FN2O2. The first kappa shape index (κ1) is 6.73. The van der Waals surface area contributed by atoms with E-state index >= 15 is 0 Å². The number of halogens is 1. The average molecular weight is 144 g/mol. The zero-order valence-corrected chi connectivity index (χ0v) is 4.95. The highest BCUT2D eigenvalue weighted by Crippen LogP contribution is 2.11. The Morgan fingerprint density at radius 1 is 1.30 bits per heavy atom. The molecule has 0 radical (unpaired) electrons. The van der Waals surface area contributed by atoms with E-state index in [1.165, 1.54) is 0 Å². The second-order valence-electron chi connectivity index (χ2n) is 1.63. The number of alkyl halides is 1. The third-order valence-corrected chi connectivity index (χ3v) is 0.865. The van der Waals surface area contributed by atoms with Crippen LogP contribution in [0.4, 0.5) is 4.39 Å². The van der Waals surface area contributed by atoms with Gasteiger partial charge >= 0.3 is 0 Å². The van der Waals surface area contributed by atoms with Crippen LogP contribution in [-0.2, 0) is 6.67 Å². The maximum atomic E-state index is 11.7. The van der Waals surface area contributed by atoms with Crippen LogP contribution in [0.1, 0.15) is 5.82 Å². The van der Waals surface area contributed by atoms with Crippen molar-refractivity contribution in [3.63, 3.8) is 0 Å². The predicted molar refractivity (Wildman–Crippen MR) is 30.2 cm³/mol. The van der Waals surface area contributed by atoms with Gasteiger partial charge in [-0.2, -0.15) is 9.97 Å². The van der Waals surface area contributed by atoms with Crippen molar-refractivity contribution in [2.24, 2.45) is 0 Å². The molecule has 0 spiro atoms. The minimum absolute atomic E-state index is 0.225. The molecule has 0 aliphatic carbocycles. The molecule has 4 nitrogen and oxygen atoms in total. The fourth-order valence-corrected chi connectivity index (χ4v) is 0.529. The molecule has 0 aliphatic heterocycles. The number of hydrogen-bond donors (Lipinski definition) is 2. The highest BCUT2D eigenvalue weighted by Gasteiger charge is 2.00. The lowest BCUT2D eigenvalue weighted by Crippen LogP contribution is -1.90. The lowest BCUT2D eigenvalue weighted by Gasteiger charge is -1.94. The summed E-state index contributed by atoms with van der Waals surface area (Å²) in [6, 6.07) is 0.930. The molecule has 0 saturated heterocycles. The fraction of sp³-hybridized carbons (Fsp3) is 0.200. The normalized spacial score (nSPS) is 9.70. The van der Waals surface area contributed by atoms with Crippen LogP contribution in [-0.4, -0.2) is 20.2 Å². The van der Waals surface area contributed by atoms with E-state index in [-0.39, 0.29) is 5.82 Å². The Morgan fingerprint density at radius 2 is 1.80 bits per heavy atom. The van der Waals surface area contributed by atoms with E-state index in [4.69, 9.17) is 10.2 Å². The van der Waals surface area contributed by atoms with Crippen LogP contribution in [0.15, 0.2) is 6.07 Å². The summed E-state index contributed by atoms with van der Waals surface area (Å²) < 4.78 is 11.7. The van der Waals surface area contributed by atoms with Crippen molar-refractivity contribution < 1.29 is 14.6 Å². The van der Waals surface area contributed by atoms with E-state index in [1.54, 1.807) is 0 Å². The molecule has 0 amide bonds. The largest absolute Gasteiger partial charge is 0.493 e. The Morgan fingerprint density at radius 3 is 2.20 bits per heavy atom. The van der Waals surface area contributed by atoms with Crippen LogP contribution in [0.3, 0.4) is 0 Å². The van der Waals surface area contributed by atoms with Gasteiger partial charge in [0.1, 0.15) is 6.67 Å². The molecule has 0 saturated carbocycles. The molecule has 0 aliphatic rings. The van der Waals surface area contributed by atoms with E-state index in [1.807, 2.05) is 0 Å². The van der Waals surface area contributed by atoms with Gasteiger partial charge in [-0.3, -0.25) is 0 Å². The van der Waals surface area contributed by atoms with E-state index in [9.17, 15) is 4.39 Å². The lowest BCUT2D eigenvalue weighted by molar-refractivity contribution is 0.397. The first-order valence-corrected chi connectivity index (χ1v) is 2.54. The molecule has 0 bridgehead atoms. The van der Waals surface area contributed by atoms with Crippen LogP contribution < -0.4 is 0 Å². The van der Waals surface area contributed by atoms with Gasteiger partial charge in [0.2, 0.25) is 11.8 Å². The SMILES string of the molecule is Oc1cc(O)nc(CF)n1. The topological polar surface area (TPSA) is 66.2 Å². The minimum Gasteiger partial charge on any atom is -0.493 e. The van der Waals surface area contributed by atoms with Crippen molar-refractivity contribution >= 4 is 0 Å². The molecule has 0 atom stereocenters. The van der Waals surface area contributed by atoms with E-state index in [0.29, 0.717) is 0 Å². The molecule has 2 N–H and O–H groups in total. The predicted octanol–water partition coefficient (Wildman–Crippen LogP) is 0.357. The highest BCUT2D eigenvalue weighted by molar-refractivity contribution is 5.17. The number of aromatic hydroxyl groups is 2. The Hall–Kier alpha value is -1.39. The summed E-state index contributed by atoms with van der Waals surface area (Å²) in [6.07, 6.45) is 0. The third-order valence-electron chi connectivity index (χ3n) is 0.865. The fourth-order valence-electron chi connectivity index (χ4n) is 0.529. The Balaban J connectivity index is 3.06. The molecule has 5 heteroatoms. The molecule has 0 aromatic carbocycles. The maximum Gasteiger partial charge on any atom is 0.218 e. The number of hydrogen-bond acceptors (Lipinski definition) is 4. The molecule has 54 valence electrons. The summed E-state index contributed by atoms with van der Waals surface area (Å²) >= 11 is 0. The maximum absolute atomic E-state index is 11.7. The quantitative estimate of drug-likeness (QED) is 0.597. The van der Waals surface area contributed by atoms with Crippen LogP contribution >= 0.6 is 0 Å². The first-order chi connectivity index (χ1) is 4.72. The summed E-state index contributed by atoms with van der Waals surface area (Å²) in [6.45, 7) is -0.901. The highest BCUT2D eigenvalue weighted by atomic mass is 19.1. The third kappa shape index (κ3) is 1.31. The number of nitrogens with zero attached hydrogens (tertiary/aromatic N) is 2. The standard InChI is InChI=1S/C5H5FN2O2/c6-2-3-7-4(9)1-5(10)8-3/h1H,2H2,(H2,7,8,9,10). The molecule has 0 fully saturated rings. The monoisotopic (exact) mass is 144 g/mol. The molecular weight excluding hydrogens is 139 g/mol. The van der Waals surface area contributed by atoms with Gasteiger partial charge in [0.25, 0.3) is 0 Å². The lowest BCUT2D eigenvalue weighted by atomic mass is 10.5. The summed E-state index contributed by atoms with van der Waals surface area (Å²) in [4.78, 5) is 6.52. The van der Waals surface area contributed by atoms with E-state index in [2.05, 4.69) is 9.97 Å². The van der Waals surface area contributed by atoms with E-state index in [0.717, 1.165) is 6.07 Å². The van der Waals surface area contributed by atoms with Gasteiger partial charge in [-0.05, 0) is 0 Å². The Kier molecular flexibility index (Phi) is 1.66. The van der Waals surface area contributed by atoms with Gasteiger partial charge in [-0.1, -0.05) is 0 Å². The van der Waals surface area contributed by atoms with Gasteiger partial charge < -0.3 is 10.2 Å². The van der Waals surface area contributed by atoms with Crippen molar-refractivity contribution in [1.82, 2.24) is 9.97 Å². The molecule has 1 aromatic rings. The second kappa shape index (κ2) is 2.47. The van der Waals surface area contributed by atoms with Crippen molar-refractivity contribution in [1.29, 1.82) is 0 Å². The second-order valence-corrected chi connectivity index (χ2v) is 1.63. The van der Waals surface area contributed by atoms with Gasteiger partial charge in [0.05, 0.1) is 6.07 Å². The Bertz CT molecular complexity index is 221. The summed E-state index contributed by atoms with van der Waals surface area (Å²) in [5.41, 5.74) is 0. The summed E-state index contributed by atoms with van der Waals surface area (Å²) in [5.74, 6) is -1.09. The minimum atomic E-state index is -0.901. The van der Waals surface area contributed by atoms with Gasteiger partial charge in [-0.25, -0.2) is 4.39 Å². The average Bonchev–Trinajstić information content (AvgIpc) is 1.85. The first-order valence-electron chi connectivity index (χ1n) is 2.54. The number of rotatable bonds is 1. The van der Waals surface area contributed by atoms with Crippen molar-refractivity contribution in [3.05, 3.63) is 11.9 Å². The van der Waals surface area contributed by atoms with Crippen LogP contribution in [0, 0.1) is 0 Å². The summed E-state index contributed by atoms with van der Waals surface area (Å²) in [7, 11) is 0. The van der Waals surface area contributed by atoms with Crippen LogP contribution in [0.2, 0.25) is 0 Å². The van der Waals surface area contributed by atoms with Crippen LogP contribution in [0.25, 0.3) is 0 Å². The molecule has 1 rings (SSSR count). The smallest absolute Gasteiger partial charge is 0.218 e. The van der Waals surface area contributed by atoms with E-state index < -0.39 is 18.4 Å². The zero-order chi connectivity index (χ0) is 7.56. The van der Waals surface area contributed by atoms with Crippen molar-refractivity contribution in [3.8, 4) is 11.8 Å². The molecule has 10 heavy (non-hydrogen) atoms. The summed E-state index contributed by atoms with van der Waals surface area (Å²) in [5, 5.41) is 17.3. The van der Waals surface area contributed by atoms with Gasteiger partial charge in [0.15, 0.2) is 5.82 Å². The Labute approximate surface area is 56.0 Å². The zero-order valence-electron chi connectivity index (χ0n) is 4.95.